The molecule has 1 unspecified atom stereocenters. The minimum Gasteiger partial charge on any atom is -0.306 e. The van der Waals surface area contributed by atoms with E-state index in [1.165, 1.54) is 24.9 Å². The number of aromatic nitrogens is 2. The van der Waals surface area contributed by atoms with Crippen LogP contribution in [0.15, 0.2) is 23.0 Å². The number of benzene rings is 1. The molecule has 4 heteroatoms. The number of H-pyrrole nitrogens is 1. The fourth-order valence-corrected chi connectivity index (χ4v) is 3.12. The molecule has 0 spiro atoms. The lowest BCUT2D eigenvalue weighted by Crippen LogP contribution is -2.35. The summed E-state index contributed by atoms with van der Waals surface area (Å²) in [6, 6.07) is 6.13. The number of aromatic amines is 1. The molecule has 0 saturated carbocycles. The topological polar surface area (TPSA) is 41.0 Å². The smallest absolute Gasteiger partial charge is 0.306 e. The Balaban J connectivity index is 1.93. The van der Waals surface area contributed by atoms with Crippen LogP contribution in [-0.2, 0) is 6.54 Å². The third-order valence-electron chi connectivity index (χ3n) is 4.09. The van der Waals surface area contributed by atoms with E-state index in [9.17, 15) is 4.79 Å². The highest BCUT2D eigenvalue weighted by molar-refractivity contribution is 5.75. The summed E-state index contributed by atoms with van der Waals surface area (Å²) in [6.45, 7) is 5.16. The number of fused-ring (bicyclic) bond motifs is 1. The summed E-state index contributed by atoms with van der Waals surface area (Å²) in [5.74, 6) is 0.580. The fraction of sp³-hybridized carbons (Fsp3) is 0.533. The molecule has 3 rings (SSSR count). The number of hydrogen-bond donors (Lipinski definition) is 1. The molecule has 2 heterocycles. The normalized spacial score (nSPS) is 21.1. The summed E-state index contributed by atoms with van der Waals surface area (Å²) >= 11 is 0. The number of nitrogens with one attached hydrogen (secondary N) is 1. The predicted molar refractivity (Wildman–Crippen MR) is 77.5 cm³/mol. The van der Waals surface area contributed by atoms with E-state index >= 15 is 0 Å². The number of rotatable bonds is 2. The molecule has 1 aliphatic heterocycles. The van der Waals surface area contributed by atoms with Crippen LogP contribution in [0.3, 0.4) is 0 Å². The van der Waals surface area contributed by atoms with Crippen LogP contribution in [0.2, 0.25) is 0 Å². The first-order valence-corrected chi connectivity index (χ1v) is 7.01. The SMILES string of the molecule is Cc1ccc2[nH]c(=O)n(CC3CCCN(C)C3)c2c1. The first-order valence-electron chi connectivity index (χ1n) is 7.01. The highest BCUT2D eigenvalue weighted by Gasteiger charge is 2.19. The molecule has 0 radical (unpaired) electrons. The van der Waals surface area contributed by atoms with Gasteiger partial charge < -0.3 is 9.88 Å². The van der Waals surface area contributed by atoms with Gasteiger partial charge in [-0.2, -0.15) is 0 Å². The highest BCUT2D eigenvalue weighted by Crippen LogP contribution is 2.19. The van der Waals surface area contributed by atoms with Gasteiger partial charge in [-0.3, -0.25) is 4.57 Å². The van der Waals surface area contributed by atoms with E-state index in [0.29, 0.717) is 5.92 Å². The van der Waals surface area contributed by atoms with Crippen LogP contribution in [0, 0.1) is 12.8 Å². The molecule has 0 amide bonds. The summed E-state index contributed by atoms with van der Waals surface area (Å²) in [6.07, 6.45) is 2.45. The lowest BCUT2D eigenvalue weighted by atomic mass is 9.98. The van der Waals surface area contributed by atoms with E-state index < -0.39 is 0 Å². The van der Waals surface area contributed by atoms with Gasteiger partial charge in [-0.15, -0.1) is 0 Å². The van der Waals surface area contributed by atoms with Crippen LogP contribution in [0.25, 0.3) is 11.0 Å². The van der Waals surface area contributed by atoms with Crippen LogP contribution in [0.5, 0.6) is 0 Å². The summed E-state index contributed by atoms with van der Waals surface area (Å²) < 4.78 is 1.91. The molecule has 0 bridgehead atoms. The number of hydrogen-bond acceptors (Lipinski definition) is 2. The van der Waals surface area contributed by atoms with Crippen molar-refractivity contribution in [3.8, 4) is 0 Å². The first-order chi connectivity index (χ1) is 9.13. The number of piperidine rings is 1. The maximum atomic E-state index is 12.1. The standard InChI is InChI=1S/C15H21N3O/c1-11-5-6-13-14(8-11)18(15(19)16-13)10-12-4-3-7-17(2)9-12/h5-6,8,12H,3-4,7,9-10H2,1-2H3,(H,16,19). The second-order valence-corrected chi connectivity index (χ2v) is 5.83. The Kier molecular flexibility index (Phi) is 3.19. The second kappa shape index (κ2) is 4.85. The van der Waals surface area contributed by atoms with Gasteiger partial charge in [-0.25, -0.2) is 4.79 Å². The van der Waals surface area contributed by atoms with E-state index in [4.69, 9.17) is 0 Å². The Labute approximate surface area is 113 Å². The molecule has 19 heavy (non-hydrogen) atoms. The number of nitrogens with zero attached hydrogens (tertiary/aromatic N) is 2. The zero-order chi connectivity index (χ0) is 13.4. The lowest BCUT2D eigenvalue weighted by Gasteiger charge is -2.29. The van der Waals surface area contributed by atoms with Crippen molar-refractivity contribution in [1.82, 2.24) is 14.5 Å². The molecule has 1 fully saturated rings. The van der Waals surface area contributed by atoms with Gasteiger partial charge in [0.15, 0.2) is 0 Å². The summed E-state index contributed by atoms with van der Waals surface area (Å²) in [4.78, 5) is 17.4. The van der Waals surface area contributed by atoms with Crippen LogP contribution < -0.4 is 5.69 Å². The Morgan fingerprint density at radius 3 is 3.05 bits per heavy atom. The average molecular weight is 259 g/mol. The second-order valence-electron chi connectivity index (χ2n) is 5.83. The van der Waals surface area contributed by atoms with Crippen molar-refractivity contribution in [3.63, 3.8) is 0 Å². The molecule has 1 saturated heterocycles. The van der Waals surface area contributed by atoms with Crippen molar-refractivity contribution in [1.29, 1.82) is 0 Å². The average Bonchev–Trinajstić information content (AvgIpc) is 2.66. The van der Waals surface area contributed by atoms with Crippen LogP contribution >= 0.6 is 0 Å². The van der Waals surface area contributed by atoms with Crippen LogP contribution in [0.4, 0.5) is 0 Å². The van der Waals surface area contributed by atoms with Crippen LogP contribution in [0.1, 0.15) is 18.4 Å². The van der Waals surface area contributed by atoms with E-state index in [-0.39, 0.29) is 5.69 Å². The molecule has 4 nitrogen and oxygen atoms in total. The van der Waals surface area contributed by atoms with Gasteiger partial charge in [0.1, 0.15) is 0 Å². The number of likely N-dealkylation sites (tertiary alicyclic amines) is 1. The van der Waals surface area contributed by atoms with Gasteiger partial charge in [0.05, 0.1) is 11.0 Å². The van der Waals surface area contributed by atoms with Gasteiger partial charge in [0.2, 0.25) is 0 Å². The highest BCUT2D eigenvalue weighted by atomic mass is 16.1. The minimum absolute atomic E-state index is 0.0221. The van der Waals surface area contributed by atoms with Crippen molar-refractivity contribution in [2.75, 3.05) is 20.1 Å². The third kappa shape index (κ3) is 2.45. The molecule has 102 valence electrons. The van der Waals surface area contributed by atoms with E-state index in [1.54, 1.807) is 0 Å². The van der Waals surface area contributed by atoms with Crippen molar-refractivity contribution >= 4 is 11.0 Å². The maximum absolute atomic E-state index is 12.1. The minimum atomic E-state index is 0.0221. The monoisotopic (exact) mass is 259 g/mol. The van der Waals surface area contributed by atoms with E-state index in [2.05, 4.69) is 29.9 Å². The molecule has 1 N–H and O–H groups in total. The van der Waals surface area contributed by atoms with Crippen molar-refractivity contribution in [3.05, 3.63) is 34.2 Å². The lowest BCUT2D eigenvalue weighted by molar-refractivity contribution is 0.194. The molecule has 2 aromatic rings. The van der Waals surface area contributed by atoms with Crippen molar-refractivity contribution < 1.29 is 0 Å². The molecular weight excluding hydrogens is 238 g/mol. The van der Waals surface area contributed by atoms with E-state index in [0.717, 1.165) is 24.1 Å². The Hall–Kier alpha value is -1.55. The molecule has 1 atom stereocenters. The van der Waals surface area contributed by atoms with Crippen LogP contribution in [-0.4, -0.2) is 34.6 Å². The maximum Gasteiger partial charge on any atom is 0.326 e. The van der Waals surface area contributed by atoms with Gasteiger partial charge in [0, 0.05) is 13.1 Å². The Morgan fingerprint density at radius 1 is 1.42 bits per heavy atom. The predicted octanol–water partition coefficient (Wildman–Crippen LogP) is 1.98. The van der Waals surface area contributed by atoms with Gasteiger partial charge in [-0.1, -0.05) is 6.07 Å². The number of imidazole rings is 1. The zero-order valence-corrected chi connectivity index (χ0v) is 11.6. The van der Waals surface area contributed by atoms with E-state index in [1.807, 2.05) is 16.7 Å². The molecule has 0 aliphatic carbocycles. The van der Waals surface area contributed by atoms with Crippen molar-refractivity contribution in [2.24, 2.45) is 5.92 Å². The molecule has 1 aliphatic rings. The van der Waals surface area contributed by atoms with Gasteiger partial charge >= 0.3 is 5.69 Å². The fourth-order valence-electron chi connectivity index (χ4n) is 3.12. The summed E-state index contributed by atoms with van der Waals surface area (Å²) in [7, 11) is 2.16. The Morgan fingerprint density at radius 2 is 2.26 bits per heavy atom. The summed E-state index contributed by atoms with van der Waals surface area (Å²) in [5.41, 5.74) is 3.20. The largest absolute Gasteiger partial charge is 0.326 e. The third-order valence-corrected chi connectivity index (χ3v) is 4.09. The molecule has 1 aromatic heterocycles. The quantitative estimate of drug-likeness (QED) is 0.896. The van der Waals surface area contributed by atoms with Gasteiger partial charge in [-0.05, 0) is 57.0 Å². The number of aryl methyl sites for hydroxylation is 1. The summed E-state index contributed by atoms with van der Waals surface area (Å²) in [5, 5.41) is 0. The zero-order valence-electron chi connectivity index (χ0n) is 11.6. The Bertz CT molecular complexity index is 640. The first kappa shape index (κ1) is 12.5. The molecular formula is C15H21N3O. The van der Waals surface area contributed by atoms with Crippen molar-refractivity contribution in [2.45, 2.75) is 26.3 Å². The molecule has 1 aromatic carbocycles. The van der Waals surface area contributed by atoms with Gasteiger partial charge in [0.25, 0.3) is 0 Å².